The van der Waals surface area contributed by atoms with Crippen LogP contribution >= 0.6 is 0 Å². The van der Waals surface area contributed by atoms with Crippen LogP contribution in [0.25, 0.3) is 0 Å². The van der Waals surface area contributed by atoms with Gasteiger partial charge in [-0.15, -0.1) is 0 Å². The largest absolute Gasteiger partial charge is 0.497 e. The molecule has 3 rings (SSSR count). The monoisotopic (exact) mass is 455 g/mol. The van der Waals surface area contributed by atoms with E-state index < -0.39 is 0 Å². The first kappa shape index (κ1) is 24.9. The van der Waals surface area contributed by atoms with Gasteiger partial charge in [0.15, 0.2) is 6.79 Å². The lowest BCUT2D eigenvalue weighted by molar-refractivity contribution is 0.0503. The molecule has 180 valence electrons. The van der Waals surface area contributed by atoms with Gasteiger partial charge in [0.1, 0.15) is 11.5 Å². The molecule has 7 nitrogen and oxygen atoms in total. The molecule has 0 unspecified atom stereocenters. The van der Waals surface area contributed by atoms with Crippen LogP contribution in [0.4, 0.5) is 16.2 Å². The molecule has 1 fully saturated rings. The number of hydrogen-bond acceptors (Lipinski definition) is 5. The van der Waals surface area contributed by atoms with Crippen LogP contribution in [0.1, 0.15) is 52.0 Å². The molecular weight excluding hydrogens is 418 g/mol. The van der Waals surface area contributed by atoms with Crippen molar-refractivity contribution in [1.82, 2.24) is 0 Å². The average Bonchev–Trinajstić information content (AvgIpc) is 2.79. The molecule has 1 saturated carbocycles. The number of nitrogens with zero attached hydrogens (tertiary/aromatic N) is 1. The molecule has 2 aromatic carbocycles. The van der Waals surface area contributed by atoms with Crippen LogP contribution in [-0.4, -0.2) is 39.1 Å². The fraction of sp³-hybridized carbons (Fsp3) is 0.500. The summed E-state index contributed by atoms with van der Waals surface area (Å²) in [5.74, 6) is 1.23. The number of anilines is 2. The SMILES string of the molecule is COCOc1c(NC(=O)N(c2ccccc2)C2CCC(N)CC2)cc(OC)cc1C(C)(C)C. The van der Waals surface area contributed by atoms with Crippen LogP contribution in [0.3, 0.4) is 0 Å². The molecule has 0 heterocycles. The second-order valence-corrected chi connectivity index (χ2v) is 9.56. The number of methoxy groups -OCH3 is 2. The molecule has 2 amide bonds. The van der Waals surface area contributed by atoms with Crippen molar-refractivity contribution in [2.45, 2.75) is 64.0 Å². The van der Waals surface area contributed by atoms with E-state index in [0.29, 0.717) is 17.2 Å². The highest BCUT2D eigenvalue weighted by atomic mass is 16.7. The maximum Gasteiger partial charge on any atom is 0.326 e. The number of amides is 2. The van der Waals surface area contributed by atoms with Crippen LogP contribution in [0.15, 0.2) is 42.5 Å². The third-order valence-corrected chi connectivity index (χ3v) is 6.03. The van der Waals surface area contributed by atoms with Gasteiger partial charge in [0, 0.05) is 36.5 Å². The fourth-order valence-electron chi connectivity index (χ4n) is 4.26. The molecule has 0 atom stereocenters. The number of carbonyl (C=O) groups excluding carboxylic acids is 1. The molecule has 0 aliphatic heterocycles. The normalized spacial score (nSPS) is 18.5. The molecule has 1 aliphatic rings. The molecule has 0 saturated heterocycles. The predicted octanol–water partition coefficient (Wildman–Crippen LogP) is 5.28. The van der Waals surface area contributed by atoms with E-state index in [0.717, 1.165) is 36.9 Å². The van der Waals surface area contributed by atoms with Crippen molar-refractivity contribution < 1.29 is 19.0 Å². The van der Waals surface area contributed by atoms with Crippen LogP contribution in [-0.2, 0) is 10.2 Å². The summed E-state index contributed by atoms with van der Waals surface area (Å²) in [5.41, 5.74) is 8.22. The summed E-state index contributed by atoms with van der Waals surface area (Å²) >= 11 is 0. The highest BCUT2D eigenvalue weighted by Crippen LogP contribution is 2.41. The molecule has 3 N–H and O–H groups in total. The highest BCUT2D eigenvalue weighted by molar-refractivity contribution is 6.03. The van der Waals surface area contributed by atoms with Crippen LogP contribution in [0.5, 0.6) is 11.5 Å². The van der Waals surface area contributed by atoms with Crippen molar-refractivity contribution in [2.24, 2.45) is 5.73 Å². The number of para-hydroxylation sites is 1. The van der Waals surface area contributed by atoms with Gasteiger partial charge in [0.2, 0.25) is 0 Å². The van der Waals surface area contributed by atoms with E-state index in [1.54, 1.807) is 20.3 Å². The minimum Gasteiger partial charge on any atom is -0.497 e. The quantitative estimate of drug-likeness (QED) is 0.555. The molecule has 0 radical (unpaired) electrons. The lowest BCUT2D eigenvalue weighted by atomic mass is 9.85. The van der Waals surface area contributed by atoms with E-state index in [-0.39, 0.29) is 30.3 Å². The van der Waals surface area contributed by atoms with Gasteiger partial charge in [-0.05, 0) is 49.3 Å². The summed E-state index contributed by atoms with van der Waals surface area (Å²) < 4.78 is 16.7. The maximum atomic E-state index is 13.7. The van der Waals surface area contributed by atoms with Gasteiger partial charge >= 0.3 is 6.03 Å². The third-order valence-electron chi connectivity index (χ3n) is 6.03. The highest BCUT2D eigenvalue weighted by Gasteiger charge is 2.31. The minimum atomic E-state index is -0.240. The first-order valence-corrected chi connectivity index (χ1v) is 11.5. The fourth-order valence-corrected chi connectivity index (χ4v) is 4.26. The topological polar surface area (TPSA) is 86.1 Å². The van der Waals surface area contributed by atoms with Gasteiger partial charge in [-0.2, -0.15) is 0 Å². The van der Waals surface area contributed by atoms with E-state index in [1.807, 2.05) is 41.3 Å². The second-order valence-electron chi connectivity index (χ2n) is 9.56. The van der Waals surface area contributed by atoms with Crippen LogP contribution in [0.2, 0.25) is 0 Å². The Morgan fingerprint density at radius 2 is 1.76 bits per heavy atom. The van der Waals surface area contributed by atoms with Gasteiger partial charge in [0.25, 0.3) is 0 Å². The Labute approximate surface area is 197 Å². The Hall–Kier alpha value is -2.77. The standard InChI is InChI=1S/C26H37N3O4/c1-26(2,3)22-15-21(32-5)16-23(24(22)33-17-31-4)28-25(30)29(19-9-7-6-8-10-19)20-13-11-18(27)12-14-20/h6-10,15-16,18,20H,11-14,17,27H2,1-5H3,(H,28,30). The van der Waals surface area contributed by atoms with E-state index in [9.17, 15) is 4.79 Å². The number of hydrogen-bond donors (Lipinski definition) is 2. The van der Waals surface area contributed by atoms with Crippen molar-refractivity contribution in [3.05, 3.63) is 48.0 Å². The van der Waals surface area contributed by atoms with Crippen LogP contribution in [0, 0.1) is 0 Å². The molecule has 2 aromatic rings. The van der Waals surface area contributed by atoms with Gasteiger partial charge < -0.3 is 25.3 Å². The van der Waals surface area contributed by atoms with E-state index >= 15 is 0 Å². The van der Waals surface area contributed by atoms with Gasteiger partial charge in [-0.25, -0.2) is 4.79 Å². The molecule has 0 aromatic heterocycles. The number of ether oxygens (including phenoxy) is 3. The zero-order valence-electron chi connectivity index (χ0n) is 20.4. The average molecular weight is 456 g/mol. The van der Waals surface area contributed by atoms with E-state index in [4.69, 9.17) is 19.9 Å². The Kier molecular flexibility index (Phi) is 8.21. The number of nitrogens with one attached hydrogen (secondary N) is 1. The molecule has 7 heteroatoms. The second kappa shape index (κ2) is 10.9. The number of carbonyl (C=O) groups is 1. The molecule has 33 heavy (non-hydrogen) atoms. The molecular formula is C26H37N3O4. The first-order valence-electron chi connectivity index (χ1n) is 11.5. The number of benzene rings is 2. The summed E-state index contributed by atoms with van der Waals surface area (Å²) in [7, 11) is 3.19. The Bertz CT molecular complexity index is 919. The maximum absolute atomic E-state index is 13.7. The zero-order valence-corrected chi connectivity index (χ0v) is 20.4. The van der Waals surface area contributed by atoms with E-state index in [1.165, 1.54) is 0 Å². The molecule has 0 spiro atoms. The Morgan fingerprint density at radius 1 is 1.09 bits per heavy atom. The zero-order chi connectivity index (χ0) is 24.0. The summed E-state index contributed by atoms with van der Waals surface area (Å²) in [6.45, 7) is 6.35. The Morgan fingerprint density at radius 3 is 2.33 bits per heavy atom. The predicted molar refractivity (Wildman–Crippen MR) is 132 cm³/mol. The Balaban J connectivity index is 2.00. The molecule has 1 aliphatic carbocycles. The molecule has 0 bridgehead atoms. The number of nitrogens with two attached hydrogens (primary N) is 1. The van der Waals surface area contributed by atoms with Crippen molar-refractivity contribution in [3.8, 4) is 11.5 Å². The summed E-state index contributed by atoms with van der Waals surface area (Å²) in [4.78, 5) is 15.6. The summed E-state index contributed by atoms with van der Waals surface area (Å²) in [6, 6.07) is 13.6. The van der Waals surface area contributed by atoms with Crippen LogP contribution < -0.4 is 25.4 Å². The van der Waals surface area contributed by atoms with Crippen molar-refractivity contribution >= 4 is 17.4 Å². The van der Waals surface area contributed by atoms with Gasteiger partial charge in [-0.1, -0.05) is 39.0 Å². The van der Waals surface area contributed by atoms with Gasteiger partial charge in [-0.3, -0.25) is 4.90 Å². The van der Waals surface area contributed by atoms with E-state index in [2.05, 4.69) is 26.1 Å². The third kappa shape index (κ3) is 6.18. The lowest BCUT2D eigenvalue weighted by Crippen LogP contribution is -2.46. The van der Waals surface area contributed by atoms with Crippen molar-refractivity contribution in [1.29, 1.82) is 0 Å². The van der Waals surface area contributed by atoms with Crippen molar-refractivity contribution in [3.63, 3.8) is 0 Å². The van der Waals surface area contributed by atoms with Crippen molar-refractivity contribution in [2.75, 3.05) is 31.2 Å². The smallest absolute Gasteiger partial charge is 0.326 e. The summed E-state index contributed by atoms with van der Waals surface area (Å²) in [6.07, 6.45) is 3.53. The summed E-state index contributed by atoms with van der Waals surface area (Å²) in [5, 5.41) is 3.11. The van der Waals surface area contributed by atoms with Gasteiger partial charge in [0.05, 0.1) is 12.8 Å². The lowest BCUT2D eigenvalue weighted by Gasteiger charge is -2.36. The first-order chi connectivity index (χ1) is 15.7. The number of urea groups is 1. The minimum absolute atomic E-state index is 0.0706. The number of rotatable bonds is 7.